The molecule has 188 valence electrons. The quantitative estimate of drug-likeness (QED) is 0.655. The fourth-order valence-electron chi connectivity index (χ4n) is 4.73. The molecule has 0 aromatic heterocycles. The molecule has 7 nitrogen and oxygen atoms in total. The van der Waals surface area contributed by atoms with Gasteiger partial charge < -0.3 is 14.7 Å². The maximum Gasteiger partial charge on any atom is 0.253 e. The van der Waals surface area contributed by atoms with Crippen LogP contribution in [0.4, 0.5) is 0 Å². The summed E-state index contributed by atoms with van der Waals surface area (Å²) in [6.07, 6.45) is 4.79. The number of allylic oxidation sites excluding steroid dienone is 2. The summed E-state index contributed by atoms with van der Waals surface area (Å²) in [6.45, 7) is 3.80. The summed E-state index contributed by atoms with van der Waals surface area (Å²) in [5.74, 6) is -0.0587. The van der Waals surface area contributed by atoms with E-state index in [9.17, 15) is 18.3 Å². The second-order valence-corrected chi connectivity index (χ2v) is 11.4. The van der Waals surface area contributed by atoms with Crippen LogP contribution in [-0.4, -0.2) is 67.5 Å². The van der Waals surface area contributed by atoms with Crippen LogP contribution >= 0.6 is 0 Å². The van der Waals surface area contributed by atoms with E-state index in [1.54, 1.807) is 37.1 Å². The number of aliphatic hydroxyl groups excluding tert-OH is 1. The minimum absolute atomic E-state index is 0.0917. The summed E-state index contributed by atoms with van der Waals surface area (Å²) >= 11 is 0. The van der Waals surface area contributed by atoms with Crippen molar-refractivity contribution in [3.05, 3.63) is 65.7 Å². The largest absolute Gasteiger partial charge is 0.487 e. The van der Waals surface area contributed by atoms with Crippen molar-refractivity contribution in [1.29, 1.82) is 0 Å². The molecular weight excluding hydrogens is 464 g/mol. The third-order valence-corrected chi connectivity index (χ3v) is 8.92. The molecule has 35 heavy (non-hydrogen) atoms. The second kappa shape index (κ2) is 10.5. The SMILES string of the molecule is C[C@@H]1CN([C@H](C)CO)S(=O)(=O)c2ccc(C3=CCCC3)cc2O[C@H]1CN(C)C(=O)c1ccccc1. The average molecular weight is 499 g/mol. The lowest BCUT2D eigenvalue weighted by Gasteiger charge is -2.37. The zero-order chi connectivity index (χ0) is 25.2. The lowest BCUT2D eigenvalue weighted by molar-refractivity contribution is 0.0563. The van der Waals surface area contributed by atoms with Gasteiger partial charge in [-0.3, -0.25) is 4.79 Å². The molecule has 3 atom stereocenters. The molecule has 4 rings (SSSR count). The first-order valence-electron chi connectivity index (χ1n) is 12.2. The molecule has 2 aromatic rings. The van der Waals surface area contributed by atoms with Crippen molar-refractivity contribution in [2.75, 3.05) is 26.7 Å². The van der Waals surface area contributed by atoms with Crippen LogP contribution in [0.25, 0.3) is 5.57 Å². The number of likely N-dealkylation sites (N-methyl/N-ethyl adjacent to an activating group) is 1. The predicted molar refractivity (Wildman–Crippen MR) is 136 cm³/mol. The van der Waals surface area contributed by atoms with Crippen molar-refractivity contribution >= 4 is 21.5 Å². The van der Waals surface area contributed by atoms with Gasteiger partial charge in [0.2, 0.25) is 10.0 Å². The maximum absolute atomic E-state index is 13.6. The van der Waals surface area contributed by atoms with Gasteiger partial charge in [0, 0.05) is 31.1 Å². The highest BCUT2D eigenvalue weighted by Gasteiger charge is 2.38. The Bertz CT molecular complexity index is 1200. The second-order valence-electron chi connectivity index (χ2n) is 9.57. The number of nitrogens with zero attached hydrogens (tertiary/aromatic N) is 2. The van der Waals surface area contributed by atoms with Crippen LogP contribution in [0, 0.1) is 5.92 Å². The molecule has 1 N–H and O–H groups in total. The van der Waals surface area contributed by atoms with Gasteiger partial charge in [-0.25, -0.2) is 8.42 Å². The number of carbonyl (C=O) groups is 1. The Labute approximate surface area is 208 Å². The molecule has 0 saturated carbocycles. The summed E-state index contributed by atoms with van der Waals surface area (Å²) < 4.78 is 35.0. The smallest absolute Gasteiger partial charge is 0.253 e. The van der Waals surface area contributed by atoms with Gasteiger partial charge in [-0.2, -0.15) is 4.31 Å². The van der Waals surface area contributed by atoms with Crippen molar-refractivity contribution in [2.45, 2.75) is 50.2 Å². The summed E-state index contributed by atoms with van der Waals surface area (Å²) in [5, 5.41) is 9.82. The van der Waals surface area contributed by atoms with Crippen LogP contribution in [0.3, 0.4) is 0 Å². The summed E-state index contributed by atoms with van der Waals surface area (Å²) in [6, 6.07) is 13.7. The van der Waals surface area contributed by atoms with E-state index >= 15 is 0 Å². The first kappa shape index (κ1) is 25.4. The van der Waals surface area contributed by atoms with Gasteiger partial charge in [-0.15, -0.1) is 0 Å². The van der Waals surface area contributed by atoms with Crippen molar-refractivity contribution in [3.63, 3.8) is 0 Å². The first-order valence-corrected chi connectivity index (χ1v) is 13.6. The van der Waals surface area contributed by atoms with Crippen LogP contribution in [0.15, 0.2) is 59.5 Å². The van der Waals surface area contributed by atoms with E-state index < -0.39 is 22.2 Å². The molecule has 0 spiro atoms. The lowest BCUT2D eigenvalue weighted by atomic mass is 10.0. The Morgan fingerprint density at radius 1 is 1.23 bits per heavy atom. The third kappa shape index (κ3) is 5.29. The molecule has 2 aliphatic rings. The van der Waals surface area contributed by atoms with Crippen LogP contribution < -0.4 is 4.74 Å². The number of aliphatic hydroxyl groups is 1. The van der Waals surface area contributed by atoms with Crippen LogP contribution in [0.2, 0.25) is 0 Å². The minimum Gasteiger partial charge on any atom is -0.487 e. The van der Waals surface area contributed by atoms with Crippen molar-refractivity contribution < 1.29 is 23.1 Å². The van der Waals surface area contributed by atoms with Crippen LogP contribution in [-0.2, 0) is 10.0 Å². The summed E-state index contributed by atoms with van der Waals surface area (Å²) in [7, 11) is -2.16. The van der Waals surface area contributed by atoms with E-state index in [4.69, 9.17) is 4.74 Å². The Hall–Kier alpha value is -2.68. The standard InChI is InChI=1S/C27H34N2O5S/c1-19-16-29(20(2)18-30)35(32,33)26-14-13-23(21-9-7-8-10-21)15-24(26)34-25(19)17-28(3)27(31)22-11-5-4-6-12-22/h4-6,9,11-15,19-20,25,30H,7-8,10,16-18H2,1-3H3/t19-,20-,25+/m1/s1. The number of hydrogen-bond donors (Lipinski definition) is 1. The fraction of sp³-hybridized carbons (Fsp3) is 0.444. The highest BCUT2D eigenvalue weighted by molar-refractivity contribution is 7.89. The Morgan fingerprint density at radius 3 is 2.63 bits per heavy atom. The highest BCUT2D eigenvalue weighted by atomic mass is 32.2. The van der Waals surface area contributed by atoms with E-state index in [-0.39, 0.29) is 29.9 Å². The number of benzene rings is 2. The van der Waals surface area contributed by atoms with E-state index in [1.165, 1.54) is 9.88 Å². The van der Waals surface area contributed by atoms with Crippen molar-refractivity contribution in [2.24, 2.45) is 5.92 Å². The van der Waals surface area contributed by atoms with E-state index in [0.717, 1.165) is 24.8 Å². The summed E-state index contributed by atoms with van der Waals surface area (Å²) in [4.78, 5) is 14.7. The molecule has 0 unspecified atom stereocenters. The minimum atomic E-state index is -3.89. The molecule has 1 aliphatic heterocycles. The maximum atomic E-state index is 13.6. The molecule has 2 aromatic carbocycles. The van der Waals surface area contributed by atoms with Crippen molar-refractivity contribution in [3.8, 4) is 5.75 Å². The number of carbonyl (C=O) groups excluding carboxylic acids is 1. The number of amides is 1. The van der Waals surface area contributed by atoms with Gasteiger partial charge in [0.15, 0.2) is 0 Å². The number of rotatable bonds is 6. The lowest BCUT2D eigenvalue weighted by Crippen LogP contribution is -2.50. The van der Waals surface area contributed by atoms with Gasteiger partial charge in [0.25, 0.3) is 5.91 Å². The van der Waals surface area contributed by atoms with Gasteiger partial charge >= 0.3 is 0 Å². The fourth-order valence-corrected chi connectivity index (χ4v) is 6.56. The zero-order valence-electron chi connectivity index (χ0n) is 20.6. The molecule has 8 heteroatoms. The molecule has 1 aliphatic carbocycles. The van der Waals surface area contributed by atoms with Gasteiger partial charge in [0.1, 0.15) is 16.7 Å². The van der Waals surface area contributed by atoms with Crippen LogP contribution in [0.1, 0.15) is 49.0 Å². The number of sulfonamides is 1. The number of ether oxygens (including phenoxy) is 1. The molecule has 1 heterocycles. The van der Waals surface area contributed by atoms with E-state index in [2.05, 4.69) is 6.08 Å². The van der Waals surface area contributed by atoms with E-state index in [0.29, 0.717) is 17.9 Å². The Kier molecular flexibility index (Phi) is 7.64. The molecular formula is C27H34N2O5S. The number of hydrogen-bond acceptors (Lipinski definition) is 5. The van der Waals surface area contributed by atoms with Crippen molar-refractivity contribution in [1.82, 2.24) is 9.21 Å². The Morgan fingerprint density at radius 2 is 1.97 bits per heavy atom. The third-order valence-electron chi connectivity index (χ3n) is 6.90. The number of fused-ring (bicyclic) bond motifs is 1. The van der Waals surface area contributed by atoms with E-state index in [1.807, 2.05) is 37.3 Å². The van der Waals surface area contributed by atoms with Gasteiger partial charge in [0.05, 0.1) is 13.2 Å². The zero-order valence-corrected chi connectivity index (χ0v) is 21.4. The van der Waals surface area contributed by atoms with Crippen LogP contribution in [0.5, 0.6) is 5.75 Å². The molecule has 0 saturated heterocycles. The predicted octanol–water partition coefficient (Wildman–Crippen LogP) is 3.79. The summed E-state index contributed by atoms with van der Waals surface area (Å²) in [5.41, 5.74) is 2.73. The molecule has 1 amide bonds. The normalized spacial score (nSPS) is 22.8. The van der Waals surface area contributed by atoms with Gasteiger partial charge in [-0.05, 0) is 61.6 Å². The highest BCUT2D eigenvalue weighted by Crippen LogP contribution is 2.37. The van der Waals surface area contributed by atoms with Gasteiger partial charge in [-0.1, -0.05) is 37.3 Å². The topological polar surface area (TPSA) is 87.2 Å². The molecule has 0 bridgehead atoms. The Balaban J connectivity index is 1.72. The molecule has 0 fully saturated rings. The average Bonchev–Trinajstić information content (AvgIpc) is 3.40. The first-order chi connectivity index (χ1) is 16.7. The molecule has 0 radical (unpaired) electrons. The monoisotopic (exact) mass is 498 g/mol.